The Bertz CT molecular complexity index is 388. The van der Waals surface area contributed by atoms with Gasteiger partial charge in [-0.1, -0.05) is 0 Å². The van der Waals surface area contributed by atoms with Crippen LogP contribution >= 0.6 is 23.5 Å². The fourth-order valence-corrected chi connectivity index (χ4v) is 2.41. The Hall–Kier alpha value is -0.420. The Morgan fingerprint density at radius 2 is 1.28 bits per heavy atom. The minimum absolute atomic E-state index is 0. The summed E-state index contributed by atoms with van der Waals surface area (Å²) >= 11 is 3.09. The van der Waals surface area contributed by atoms with Gasteiger partial charge in [0.15, 0.2) is 0 Å². The van der Waals surface area contributed by atoms with E-state index in [2.05, 4.69) is 10.6 Å². The predicted octanol–water partition coefficient (Wildman–Crippen LogP) is -3.67. The largest absolute Gasteiger partial charge is 1.00 e. The Labute approximate surface area is 178 Å². The number of nitrogens with one attached hydrogen (secondary N) is 2. The molecule has 0 radical (unpaired) electrons. The normalized spacial score (nSPS) is 11.7. The van der Waals surface area contributed by atoms with Crippen LogP contribution in [0.1, 0.15) is 26.7 Å². The number of carboxylic acid groups (broad SMARTS) is 2. The fourth-order valence-electron chi connectivity index (χ4n) is 1.47. The Morgan fingerprint density at radius 1 is 0.920 bits per heavy atom. The van der Waals surface area contributed by atoms with E-state index in [0.717, 1.165) is 5.75 Å². The molecule has 0 rings (SSSR count). The third-order valence-electron chi connectivity index (χ3n) is 2.56. The van der Waals surface area contributed by atoms with Crippen molar-refractivity contribution in [3.05, 3.63) is 0 Å². The zero-order valence-corrected chi connectivity index (χ0v) is 18.9. The number of carboxylic acids is 2. The van der Waals surface area contributed by atoms with Crippen molar-refractivity contribution in [2.75, 3.05) is 24.0 Å². The van der Waals surface area contributed by atoms with Crippen LogP contribution in [-0.4, -0.2) is 65.0 Å². The summed E-state index contributed by atoms with van der Waals surface area (Å²) in [7, 11) is 0. The van der Waals surface area contributed by atoms with Gasteiger partial charge in [-0.05, 0) is 36.9 Å². The predicted molar refractivity (Wildman–Crippen MR) is 93.9 cm³/mol. The summed E-state index contributed by atoms with van der Waals surface area (Å²) in [6.07, 6.45) is 4.64. The first kappa shape index (κ1) is 29.3. The summed E-state index contributed by atoms with van der Waals surface area (Å²) < 4.78 is 0. The first-order valence-electron chi connectivity index (χ1n) is 7.11. The van der Waals surface area contributed by atoms with Crippen molar-refractivity contribution >= 4 is 47.3 Å². The second kappa shape index (κ2) is 18.4. The van der Waals surface area contributed by atoms with Crippen molar-refractivity contribution in [1.82, 2.24) is 10.6 Å². The fraction of sp³-hybridized carbons (Fsp3) is 0.714. The summed E-state index contributed by atoms with van der Waals surface area (Å²) in [6, 6.07) is -1.59. The maximum absolute atomic E-state index is 10.5. The van der Waals surface area contributed by atoms with Gasteiger partial charge in [-0.3, -0.25) is 9.59 Å². The van der Waals surface area contributed by atoms with Gasteiger partial charge < -0.3 is 25.6 Å². The standard InChI is InChI=1S/2C7H13NO3S.Na/c2*1-5(9)8-6(7(10)11)3-4-12-2;/h2*6H,3-4H2,1-2H3,(H,8,9)(H,10,11);/q;;+1/p-1. The molecule has 0 bridgehead atoms. The van der Waals surface area contributed by atoms with E-state index >= 15 is 0 Å². The van der Waals surface area contributed by atoms with Gasteiger partial charge in [0.05, 0.1) is 12.0 Å². The summed E-state index contributed by atoms with van der Waals surface area (Å²) in [6.45, 7) is 2.60. The maximum Gasteiger partial charge on any atom is 1.00 e. The van der Waals surface area contributed by atoms with Gasteiger partial charge in [0.1, 0.15) is 6.04 Å². The van der Waals surface area contributed by atoms with E-state index in [9.17, 15) is 24.3 Å². The molecule has 0 saturated heterocycles. The monoisotopic (exact) mass is 404 g/mol. The smallest absolute Gasteiger partial charge is 0.548 e. The van der Waals surface area contributed by atoms with E-state index in [4.69, 9.17) is 5.11 Å². The van der Waals surface area contributed by atoms with E-state index in [-0.39, 0.29) is 41.4 Å². The Kier molecular flexibility index (Phi) is 21.6. The van der Waals surface area contributed by atoms with Gasteiger partial charge >= 0.3 is 35.5 Å². The average Bonchev–Trinajstić information content (AvgIpc) is 2.47. The van der Waals surface area contributed by atoms with E-state index in [1.807, 2.05) is 12.5 Å². The molecule has 0 aliphatic carbocycles. The molecule has 0 aliphatic heterocycles. The quantitative estimate of drug-likeness (QED) is 0.317. The van der Waals surface area contributed by atoms with Crippen LogP contribution in [0.3, 0.4) is 0 Å². The van der Waals surface area contributed by atoms with Crippen LogP contribution in [0.15, 0.2) is 0 Å². The molecular weight excluding hydrogens is 379 g/mol. The third-order valence-corrected chi connectivity index (χ3v) is 3.85. The van der Waals surface area contributed by atoms with Crippen molar-refractivity contribution in [2.24, 2.45) is 0 Å². The van der Waals surface area contributed by atoms with E-state index in [1.165, 1.54) is 25.6 Å². The van der Waals surface area contributed by atoms with Crippen molar-refractivity contribution < 1.29 is 58.9 Å². The number of aliphatic carboxylic acids is 2. The van der Waals surface area contributed by atoms with Crippen LogP contribution in [0.2, 0.25) is 0 Å². The van der Waals surface area contributed by atoms with Gasteiger partial charge in [0.2, 0.25) is 11.8 Å². The van der Waals surface area contributed by atoms with Crippen molar-refractivity contribution in [3.8, 4) is 0 Å². The van der Waals surface area contributed by atoms with Crippen molar-refractivity contribution in [1.29, 1.82) is 0 Å². The van der Waals surface area contributed by atoms with Gasteiger partial charge in [0.25, 0.3) is 0 Å². The molecule has 0 saturated carbocycles. The molecule has 2 unspecified atom stereocenters. The molecule has 8 nitrogen and oxygen atoms in total. The van der Waals surface area contributed by atoms with Crippen LogP contribution < -0.4 is 45.3 Å². The molecule has 2 atom stereocenters. The summed E-state index contributed by atoms with van der Waals surface area (Å²) in [5.74, 6) is -1.41. The number of hydrogen-bond donors (Lipinski definition) is 3. The topological polar surface area (TPSA) is 136 Å². The Morgan fingerprint density at radius 3 is 1.56 bits per heavy atom. The second-order valence-electron chi connectivity index (χ2n) is 4.73. The molecular formula is C14H25N2NaO6S2. The van der Waals surface area contributed by atoms with Crippen LogP contribution in [0.4, 0.5) is 0 Å². The molecule has 2 amide bonds. The zero-order valence-electron chi connectivity index (χ0n) is 15.3. The number of carbonyl (C=O) groups excluding carboxylic acids is 3. The molecule has 3 N–H and O–H groups in total. The molecule has 140 valence electrons. The third kappa shape index (κ3) is 19.7. The van der Waals surface area contributed by atoms with Crippen LogP contribution in [0.5, 0.6) is 0 Å². The van der Waals surface area contributed by atoms with E-state index in [1.54, 1.807) is 11.8 Å². The summed E-state index contributed by atoms with van der Waals surface area (Å²) in [5.41, 5.74) is 0. The molecule has 25 heavy (non-hydrogen) atoms. The molecule has 0 aliphatic rings. The van der Waals surface area contributed by atoms with Gasteiger partial charge in [-0.15, -0.1) is 0 Å². The first-order chi connectivity index (χ1) is 11.1. The summed E-state index contributed by atoms with van der Waals surface area (Å²) in [5, 5.41) is 23.7. The number of rotatable bonds is 10. The molecule has 0 spiro atoms. The zero-order chi connectivity index (χ0) is 19.1. The van der Waals surface area contributed by atoms with Crippen LogP contribution in [-0.2, 0) is 19.2 Å². The van der Waals surface area contributed by atoms with Gasteiger partial charge in [-0.25, -0.2) is 4.79 Å². The number of thioether (sulfide) groups is 2. The molecule has 11 heteroatoms. The summed E-state index contributed by atoms with van der Waals surface area (Å²) in [4.78, 5) is 42.0. The van der Waals surface area contributed by atoms with E-state index < -0.39 is 24.0 Å². The van der Waals surface area contributed by atoms with Crippen LogP contribution in [0.25, 0.3) is 0 Å². The molecule has 0 aromatic heterocycles. The average molecular weight is 404 g/mol. The minimum atomic E-state index is -1.22. The van der Waals surface area contributed by atoms with E-state index in [0.29, 0.717) is 18.6 Å². The van der Waals surface area contributed by atoms with Gasteiger partial charge in [-0.2, -0.15) is 23.5 Å². The number of hydrogen-bond acceptors (Lipinski definition) is 7. The van der Waals surface area contributed by atoms with Gasteiger partial charge in [0, 0.05) is 13.8 Å². The molecule has 0 aromatic carbocycles. The molecule has 0 aromatic rings. The number of carbonyl (C=O) groups is 4. The second-order valence-corrected chi connectivity index (χ2v) is 6.70. The van der Waals surface area contributed by atoms with Crippen molar-refractivity contribution in [2.45, 2.75) is 38.8 Å². The number of amides is 2. The molecule has 0 heterocycles. The van der Waals surface area contributed by atoms with Crippen LogP contribution in [0, 0.1) is 0 Å². The Balaban J connectivity index is -0.000000372. The first-order valence-corrected chi connectivity index (χ1v) is 9.90. The maximum atomic E-state index is 10.5. The molecule has 0 fully saturated rings. The van der Waals surface area contributed by atoms with Crippen molar-refractivity contribution in [3.63, 3.8) is 0 Å². The minimum Gasteiger partial charge on any atom is -0.548 e. The SMILES string of the molecule is CSCCC(NC(C)=O)C(=O)O.CSCCC(NC(C)=O)C(=O)[O-].[Na+].